The molecule has 0 unspecified atom stereocenters. The average molecular weight is 393 g/mol. The van der Waals surface area contributed by atoms with Gasteiger partial charge in [0.1, 0.15) is 0 Å². The lowest BCUT2D eigenvalue weighted by atomic mass is 10.0. The Morgan fingerprint density at radius 1 is 1.10 bits per heavy atom. The fraction of sp³-hybridized carbons (Fsp3) is 0.348. The summed E-state index contributed by atoms with van der Waals surface area (Å²) in [6.07, 6.45) is 2.35. The van der Waals surface area contributed by atoms with Crippen LogP contribution in [0.4, 0.5) is 5.69 Å². The smallest absolute Gasteiger partial charge is 0.272 e. The normalized spacial score (nSPS) is 11.3. The van der Waals surface area contributed by atoms with Crippen LogP contribution in [-0.4, -0.2) is 40.6 Å². The number of H-pyrrole nitrogens is 1. The van der Waals surface area contributed by atoms with Gasteiger partial charge in [-0.25, -0.2) is 5.10 Å². The van der Waals surface area contributed by atoms with Crippen molar-refractivity contribution >= 4 is 22.4 Å². The van der Waals surface area contributed by atoms with Crippen molar-refractivity contribution < 1.29 is 4.79 Å². The largest absolute Gasteiger partial charge is 0.326 e. The fourth-order valence-electron chi connectivity index (χ4n) is 3.21. The van der Waals surface area contributed by atoms with E-state index >= 15 is 0 Å². The average Bonchev–Trinajstić information content (AvgIpc) is 2.71. The number of nitrogens with zero attached hydrogens (tertiary/aromatic N) is 2. The summed E-state index contributed by atoms with van der Waals surface area (Å²) in [6, 6.07) is 15.4. The molecule has 0 aliphatic heterocycles. The number of carbonyl (C=O) groups is 1. The van der Waals surface area contributed by atoms with Crippen molar-refractivity contribution in [2.45, 2.75) is 39.2 Å². The van der Waals surface area contributed by atoms with E-state index in [4.69, 9.17) is 0 Å². The van der Waals surface area contributed by atoms with Gasteiger partial charge in [-0.05, 0) is 58.5 Å². The van der Waals surface area contributed by atoms with E-state index in [2.05, 4.69) is 41.3 Å². The van der Waals surface area contributed by atoms with Crippen LogP contribution < -0.4 is 10.9 Å². The molecule has 0 aliphatic rings. The lowest BCUT2D eigenvalue weighted by molar-refractivity contribution is -0.116. The highest BCUT2D eigenvalue weighted by Gasteiger charge is 2.10. The van der Waals surface area contributed by atoms with E-state index in [0.717, 1.165) is 36.0 Å². The van der Waals surface area contributed by atoms with Crippen LogP contribution in [0.25, 0.3) is 22.0 Å². The Hall–Kier alpha value is -2.99. The van der Waals surface area contributed by atoms with Gasteiger partial charge in [0, 0.05) is 29.1 Å². The molecule has 6 heteroatoms. The first-order chi connectivity index (χ1) is 14.0. The van der Waals surface area contributed by atoms with E-state index < -0.39 is 0 Å². The second kappa shape index (κ2) is 9.47. The van der Waals surface area contributed by atoms with Crippen molar-refractivity contribution in [2.24, 2.45) is 0 Å². The molecule has 29 heavy (non-hydrogen) atoms. The van der Waals surface area contributed by atoms with E-state index in [-0.39, 0.29) is 11.5 Å². The SMILES string of the molecule is CC(C)N(C)CCCCC(=O)Nc1cccc(-c2n[nH]c(=O)c3ccccc23)c1. The van der Waals surface area contributed by atoms with Gasteiger partial charge in [-0.2, -0.15) is 5.10 Å². The predicted octanol–water partition coefficient (Wildman–Crippen LogP) is 4.04. The van der Waals surface area contributed by atoms with Crippen LogP contribution in [0.5, 0.6) is 0 Å². The lowest BCUT2D eigenvalue weighted by Gasteiger charge is -2.20. The first-order valence-electron chi connectivity index (χ1n) is 10.0. The number of carbonyl (C=O) groups excluding carboxylic acids is 1. The highest BCUT2D eigenvalue weighted by atomic mass is 16.1. The fourth-order valence-corrected chi connectivity index (χ4v) is 3.21. The van der Waals surface area contributed by atoms with Gasteiger partial charge < -0.3 is 10.2 Å². The van der Waals surface area contributed by atoms with Gasteiger partial charge in [0.15, 0.2) is 0 Å². The summed E-state index contributed by atoms with van der Waals surface area (Å²) in [6.45, 7) is 5.33. The number of unbranched alkanes of at least 4 members (excludes halogenated alkanes) is 1. The standard InChI is InChI=1S/C23H28N4O2/c1-16(2)27(3)14-7-6-13-21(28)24-18-10-8-9-17(15-18)22-19-11-4-5-12-20(19)23(29)26-25-22/h4-5,8-12,15-16H,6-7,13-14H2,1-3H3,(H,24,28)(H,26,29). The van der Waals surface area contributed by atoms with Crippen molar-refractivity contribution in [3.63, 3.8) is 0 Å². The number of benzene rings is 2. The molecule has 0 saturated carbocycles. The minimum Gasteiger partial charge on any atom is -0.326 e. The summed E-state index contributed by atoms with van der Waals surface area (Å²) in [7, 11) is 2.10. The summed E-state index contributed by atoms with van der Waals surface area (Å²) in [5.74, 6) is 0.00800. The molecule has 152 valence electrons. The number of fused-ring (bicyclic) bond motifs is 1. The molecule has 1 amide bonds. The van der Waals surface area contributed by atoms with Crippen LogP contribution in [0, 0.1) is 0 Å². The molecule has 0 aliphatic carbocycles. The maximum atomic E-state index is 12.3. The third-order valence-electron chi connectivity index (χ3n) is 5.16. The molecule has 1 heterocycles. The van der Waals surface area contributed by atoms with Crippen LogP contribution in [0.2, 0.25) is 0 Å². The van der Waals surface area contributed by atoms with E-state index in [1.165, 1.54) is 0 Å². The highest BCUT2D eigenvalue weighted by Crippen LogP contribution is 2.26. The minimum atomic E-state index is -0.211. The Balaban J connectivity index is 1.67. The number of nitrogens with one attached hydrogen (secondary N) is 2. The second-order valence-corrected chi connectivity index (χ2v) is 7.61. The molecule has 3 rings (SSSR count). The first kappa shape index (κ1) is 20.7. The van der Waals surface area contributed by atoms with Crippen molar-refractivity contribution in [3.8, 4) is 11.3 Å². The molecule has 0 spiro atoms. The van der Waals surface area contributed by atoms with Crippen molar-refractivity contribution in [1.29, 1.82) is 0 Å². The van der Waals surface area contributed by atoms with Crippen molar-refractivity contribution in [2.75, 3.05) is 18.9 Å². The number of hydrogen-bond acceptors (Lipinski definition) is 4. The minimum absolute atomic E-state index is 0.00800. The molecule has 0 radical (unpaired) electrons. The highest BCUT2D eigenvalue weighted by molar-refractivity contribution is 5.95. The van der Waals surface area contributed by atoms with Crippen LogP contribution in [0.15, 0.2) is 53.3 Å². The maximum Gasteiger partial charge on any atom is 0.272 e. The van der Waals surface area contributed by atoms with Crippen LogP contribution in [0.3, 0.4) is 0 Å². The zero-order valence-electron chi connectivity index (χ0n) is 17.2. The number of aromatic nitrogens is 2. The molecule has 0 fully saturated rings. The molecule has 2 N–H and O–H groups in total. The molecule has 0 bridgehead atoms. The van der Waals surface area contributed by atoms with Gasteiger partial charge in [0.05, 0.1) is 11.1 Å². The summed E-state index contributed by atoms with van der Waals surface area (Å²) < 4.78 is 0. The zero-order chi connectivity index (χ0) is 20.8. The van der Waals surface area contributed by atoms with Crippen molar-refractivity contribution in [1.82, 2.24) is 15.1 Å². The second-order valence-electron chi connectivity index (χ2n) is 7.61. The zero-order valence-corrected chi connectivity index (χ0v) is 17.2. The van der Waals surface area contributed by atoms with E-state index in [1.807, 2.05) is 42.5 Å². The topological polar surface area (TPSA) is 78.1 Å². The molecule has 0 saturated heterocycles. The molecule has 0 atom stereocenters. The predicted molar refractivity (Wildman–Crippen MR) is 118 cm³/mol. The van der Waals surface area contributed by atoms with E-state index in [1.54, 1.807) is 6.07 Å². The molecular formula is C23H28N4O2. The van der Waals surface area contributed by atoms with Gasteiger partial charge >= 0.3 is 0 Å². The maximum absolute atomic E-state index is 12.3. The number of hydrogen-bond donors (Lipinski definition) is 2. The van der Waals surface area contributed by atoms with Gasteiger partial charge in [0.2, 0.25) is 5.91 Å². The lowest BCUT2D eigenvalue weighted by Crippen LogP contribution is -2.27. The first-order valence-corrected chi connectivity index (χ1v) is 10.0. The molecule has 2 aromatic carbocycles. The number of rotatable bonds is 8. The molecular weight excluding hydrogens is 364 g/mol. The van der Waals surface area contributed by atoms with Gasteiger partial charge in [-0.15, -0.1) is 0 Å². The van der Waals surface area contributed by atoms with E-state index in [0.29, 0.717) is 23.5 Å². The third kappa shape index (κ3) is 5.29. The van der Waals surface area contributed by atoms with Crippen LogP contribution in [0.1, 0.15) is 33.1 Å². The summed E-state index contributed by atoms with van der Waals surface area (Å²) in [4.78, 5) is 26.6. The number of aromatic amines is 1. The Bertz CT molecular complexity index is 1040. The summed E-state index contributed by atoms with van der Waals surface area (Å²) >= 11 is 0. The van der Waals surface area contributed by atoms with Crippen molar-refractivity contribution in [3.05, 3.63) is 58.9 Å². The molecule has 3 aromatic rings. The number of anilines is 1. The Labute approximate surface area is 170 Å². The monoisotopic (exact) mass is 392 g/mol. The van der Waals surface area contributed by atoms with E-state index in [9.17, 15) is 9.59 Å². The Kier molecular flexibility index (Phi) is 6.77. The van der Waals surface area contributed by atoms with Crippen LogP contribution in [-0.2, 0) is 4.79 Å². The van der Waals surface area contributed by atoms with Gasteiger partial charge in [-0.1, -0.05) is 30.3 Å². The quantitative estimate of drug-likeness (QED) is 0.567. The molecule has 6 nitrogen and oxygen atoms in total. The summed E-state index contributed by atoms with van der Waals surface area (Å²) in [5.41, 5.74) is 2.04. The van der Waals surface area contributed by atoms with Crippen LogP contribution >= 0.6 is 0 Å². The Morgan fingerprint density at radius 2 is 1.86 bits per heavy atom. The Morgan fingerprint density at radius 3 is 2.62 bits per heavy atom. The van der Waals surface area contributed by atoms with Gasteiger partial charge in [0.25, 0.3) is 5.56 Å². The van der Waals surface area contributed by atoms with Gasteiger partial charge in [-0.3, -0.25) is 9.59 Å². The number of amides is 1. The molecule has 1 aromatic heterocycles. The summed E-state index contributed by atoms with van der Waals surface area (Å²) in [5, 5.41) is 11.1. The third-order valence-corrected chi connectivity index (χ3v) is 5.16.